The zero-order valence-corrected chi connectivity index (χ0v) is 15.4. The van der Waals surface area contributed by atoms with Crippen molar-refractivity contribution in [3.8, 4) is 11.3 Å². The zero-order valence-electron chi connectivity index (χ0n) is 15.4. The third-order valence-corrected chi connectivity index (χ3v) is 4.73. The van der Waals surface area contributed by atoms with Crippen molar-refractivity contribution in [2.45, 2.75) is 25.6 Å². The third-order valence-electron chi connectivity index (χ3n) is 4.73. The summed E-state index contributed by atoms with van der Waals surface area (Å²) in [5.41, 5.74) is 1.30. The number of pyridine rings is 2. The zero-order chi connectivity index (χ0) is 19.3. The van der Waals surface area contributed by atoms with Crippen molar-refractivity contribution in [2.24, 2.45) is 7.05 Å². The van der Waals surface area contributed by atoms with Gasteiger partial charge in [-0.1, -0.05) is 0 Å². The highest BCUT2D eigenvalue weighted by Crippen LogP contribution is 2.30. The Morgan fingerprint density at radius 3 is 2.56 bits per heavy atom. The largest absolute Gasteiger partial charge is 0.389 e. The fraction of sp³-hybridized carbons (Fsp3) is 0.368. The number of β-amino-alcohol motifs (C(OH)–C–C–N with tert-alkyl or cyclic N) is 1. The number of hydrogen-bond acceptors (Lipinski definition) is 7. The van der Waals surface area contributed by atoms with E-state index in [1.165, 1.54) is 10.9 Å². The molecule has 0 radical (unpaired) electrons. The summed E-state index contributed by atoms with van der Waals surface area (Å²) in [6.45, 7) is 4.21. The summed E-state index contributed by atoms with van der Waals surface area (Å²) < 4.78 is 1.42. The van der Waals surface area contributed by atoms with Crippen molar-refractivity contribution < 1.29 is 10.2 Å². The second-order valence-electron chi connectivity index (χ2n) is 7.44. The van der Waals surface area contributed by atoms with Crippen LogP contribution in [0.15, 0.2) is 35.5 Å². The van der Waals surface area contributed by atoms with E-state index in [0.29, 0.717) is 41.2 Å². The van der Waals surface area contributed by atoms with Crippen LogP contribution >= 0.6 is 0 Å². The SMILES string of the molecule is Cn1cnc2cc(-c3ccc(C(C)(C)O)nc3)nc(N3CC(O)C3)c2c1=O. The Hall–Kier alpha value is -2.84. The maximum Gasteiger partial charge on any atom is 0.264 e. The molecule has 4 rings (SSSR count). The van der Waals surface area contributed by atoms with E-state index in [0.717, 1.165) is 5.56 Å². The van der Waals surface area contributed by atoms with E-state index in [1.807, 2.05) is 11.0 Å². The van der Waals surface area contributed by atoms with E-state index in [1.54, 1.807) is 39.2 Å². The summed E-state index contributed by atoms with van der Waals surface area (Å²) in [7, 11) is 1.65. The molecule has 0 bridgehead atoms. The van der Waals surface area contributed by atoms with E-state index >= 15 is 0 Å². The van der Waals surface area contributed by atoms with Gasteiger partial charge in [-0.3, -0.25) is 9.78 Å². The standard InChI is InChI=1S/C19H21N5O3/c1-19(2,27)15-5-4-11(7-20-15)13-6-14-16(18(26)23(3)10-21-14)17(22-13)24-8-12(25)9-24/h4-7,10,12,25,27H,8-9H2,1-3H3. The smallest absolute Gasteiger partial charge is 0.264 e. The van der Waals surface area contributed by atoms with Gasteiger partial charge in [0.05, 0.1) is 29.3 Å². The number of fused-ring (bicyclic) bond motifs is 1. The number of nitrogens with zero attached hydrogens (tertiary/aromatic N) is 5. The van der Waals surface area contributed by atoms with Crippen molar-refractivity contribution in [3.05, 3.63) is 46.8 Å². The molecular formula is C19H21N5O3. The first-order valence-electron chi connectivity index (χ1n) is 8.73. The second-order valence-corrected chi connectivity index (χ2v) is 7.44. The lowest BCUT2D eigenvalue weighted by molar-refractivity contribution is 0.0739. The molecule has 0 atom stereocenters. The number of rotatable bonds is 3. The predicted octanol–water partition coefficient (Wildman–Crippen LogP) is 0.799. The molecule has 0 unspecified atom stereocenters. The van der Waals surface area contributed by atoms with Crippen molar-refractivity contribution >= 4 is 16.7 Å². The van der Waals surface area contributed by atoms with Crippen LogP contribution in [0.4, 0.5) is 5.82 Å². The van der Waals surface area contributed by atoms with Crippen molar-refractivity contribution in [2.75, 3.05) is 18.0 Å². The number of aliphatic hydroxyl groups excluding tert-OH is 1. The Balaban J connectivity index is 1.87. The minimum absolute atomic E-state index is 0.175. The first-order chi connectivity index (χ1) is 12.7. The Morgan fingerprint density at radius 2 is 1.96 bits per heavy atom. The van der Waals surface area contributed by atoms with Crippen LogP contribution in [0.3, 0.4) is 0 Å². The molecule has 8 nitrogen and oxygen atoms in total. The minimum atomic E-state index is -1.03. The van der Waals surface area contributed by atoms with Crippen LogP contribution in [-0.4, -0.2) is 48.9 Å². The lowest BCUT2D eigenvalue weighted by Crippen LogP contribution is -2.51. The van der Waals surface area contributed by atoms with Gasteiger partial charge >= 0.3 is 0 Å². The molecule has 3 aromatic heterocycles. The second kappa shape index (κ2) is 6.11. The molecule has 1 fully saturated rings. The van der Waals surface area contributed by atoms with Crippen molar-refractivity contribution in [3.63, 3.8) is 0 Å². The molecule has 27 heavy (non-hydrogen) atoms. The molecule has 0 saturated carbocycles. The lowest BCUT2D eigenvalue weighted by Gasteiger charge is -2.37. The van der Waals surface area contributed by atoms with Crippen LogP contribution in [-0.2, 0) is 12.6 Å². The van der Waals surface area contributed by atoms with Gasteiger partial charge in [0.2, 0.25) is 0 Å². The maximum atomic E-state index is 12.6. The van der Waals surface area contributed by atoms with Crippen LogP contribution in [0, 0.1) is 0 Å². The fourth-order valence-corrected chi connectivity index (χ4v) is 3.12. The number of anilines is 1. The molecule has 0 amide bonds. The normalized spacial score (nSPS) is 15.2. The highest BCUT2D eigenvalue weighted by molar-refractivity contribution is 5.92. The van der Waals surface area contributed by atoms with Crippen LogP contribution in [0.5, 0.6) is 0 Å². The number of hydrogen-bond donors (Lipinski definition) is 2. The monoisotopic (exact) mass is 367 g/mol. The topological polar surface area (TPSA) is 104 Å². The summed E-state index contributed by atoms with van der Waals surface area (Å²) in [6.07, 6.45) is 2.72. The van der Waals surface area contributed by atoms with E-state index < -0.39 is 11.7 Å². The van der Waals surface area contributed by atoms with Gasteiger partial charge in [0, 0.05) is 31.9 Å². The van der Waals surface area contributed by atoms with E-state index in [9.17, 15) is 15.0 Å². The lowest BCUT2D eigenvalue weighted by atomic mass is 10.0. The summed E-state index contributed by atoms with van der Waals surface area (Å²) in [5, 5.41) is 20.2. The van der Waals surface area contributed by atoms with Gasteiger partial charge in [-0.25, -0.2) is 9.97 Å². The van der Waals surface area contributed by atoms with E-state index in [-0.39, 0.29) is 5.56 Å². The molecule has 1 aliphatic heterocycles. The Kier molecular flexibility index (Phi) is 3.97. The number of aromatic nitrogens is 4. The van der Waals surface area contributed by atoms with Gasteiger partial charge in [-0.05, 0) is 32.0 Å². The van der Waals surface area contributed by atoms with Crippen LogP contribution in [0.25, 0.3) is 22.2 Å². The molecule has 1 saturated heterocycles. The molecule has 2 N–H and O–H groups in total. The number of aryl methyl sites for hydroxylation is 1. The van der Waals surface area contributed by atoms with Crippen LogP contribution in [0.2, 0.25) is 0 Å². The first-order valence-corrected chi connectivity index (χ1v) is 8.73. The van der Waals surface area contributed by atoms with Gasteiger partial charge in [0.15, 0.2) is 0 Å². The van der Waals surface area contributed by atoms with Crippen LogP contribution < -0.4 is 10.5 Å². The molecule has 1 aliphatic rings. The summed E-state index contributed by atoms with van der Waals surface area (Å²) in [4.78, 5) is 27.9. The molecule has 0 aliphatic carbocycles. The molecule has 0 spiro atoms. The van der Waals surface area contributed by atoms with Crippen LogP contribution in [0.1, 0.15) is 19.5 Å². The van der Waals surface area contributed by atoms with Gasteiger partial charge in [0.1, 0.15) is 16.8 Å². The molecular weight excluding hydrogens is 346 g/mol. The summed E-state index contributed by atoms with van der Waals surface area (Å²) in [6, 6.07) is 5.35. The highest BCUT2D eigenvalue weighted by atomic mass is 16.3. The quantitative estimate of drug-likeness (QED) is 0.705. The van der Waals surface area contributed by atoms with E-state index in [4.69, 9.17) is 0 Å². The van der Waals surface area contributed by atoms with Gasteiger partial charge < -0.3 is 19.7 Å². The minimum Gasteiger partial charge on any atom is -0.389 e. The van der Waals surface area contributed by atoms with Crippen molar-refractivity contribution in [1.29, 1.82) is 0 Å². The predicted molar refractivity (Wildman–Crippen MR) is 101 cm³/mol. The van der Waals surface area contributed by atoms with Gasteiger partial charge in [-0.2, -0.15) is 0 Å². The first kappa shape index (κ1) is 17.6. The molecule has 8 heteroatoms. The fourth-order valence-electron chi connectivity index (χ4n) is 3.12. The van der Waals surface area contributed by atoms with Gasteiger partial charge in [-0.15, -0.1) is 0 Å². The Morgan fingerprint density at radius 1 is 1.22 bits per heavy atom. The molecule has 0 aromatic carbocycles. The molecule has 3 aromatic rings. The van der Waals surface area contributed by atoms with E-state index in [2.05, 4.69) is 15.0 Å². The average molecular weight is 367 g/mol. The summed E-state index contributed by atoms with van der Waals surface area (Å²) >= 11 is 0. The Labute approximate surface area is 155 Å². The highest BCUT2D eigenvalue weighted by Gasteiger charge is 2.29. The molecule has 140 valence electrons. The third kappa shape index (κ3) is 3.07. The number of aliphatic hydroxyl groups is 2. The Bertz CT molecular complexity index is 1060. The van der Waals surface area contributed by atoms with Crippen molar-refractivity contribution in [1.82, 2.24) is 19.5 Å². The molecule has 4 heterocycles. The maximum absolute atomic E-state index is 12.6. The summed E-state index contributed by atoms with van der Waals surface area (Å²) in [5.74, 6) is 0.521. The van der Waals surface area contributed by atoms with Gasteiger partial charge in [0.25, 0.3) is 5.56 Å². The average Bonchev–Trinajstić information content (AvgIpc) is 2.61.